The van der Waals surface area contributed by atoms with Crippen molar-refractivity contribution in [1.29, 1.82) is 0 Å². The van der Waals surface area contributed by atoms with Crippen molar-refractivity contribution in [3.63, 3.8) is 0 Å². The molecule has 0 aliphatic carbocycles. The summed E-state index contributed by atoms with van der Waals surface area (Å²) in [5.74, 6) is -0.0327. The number of amides is 2. The van der Waals surface area contributed by atoms with E-state index in [0.717, 1.165) is 56.1 Å². The summed E-state index contributed by atoms with van der Waals surface area (Å²) in [5.41, 5.74) is 9.99. The van der Waals surface area contributed by atoms with Crippen LogP contribution in [0.3, 0.4) is 0 Å². The van der Waals surface area contributed by atoms with E-state index in [4.69, 9.17) is 20.4 Å². The van der Waals surface area contributed by atoms with Crippen LogP contribution < -0.4 is 20.9 Å². The lowest BCUT2D eigenvalue weighted by molar-refractivity contribution is -0.118. The van der Waals surface area contributed by atoms with Crippen molar-refractivity contribution in [2.75, 3.05) is 74.6 Å². The number of nitrogens with one attached hydrogen (secondary N) is 1. The van der Waals surface area contributed by atoms with Gasteiger partial charge in [-0.25, -0.2) is 9.97 Å². The second-order valence-electron chi connectivity index (χ2n) is 12.6. The van der Waals surface area contributed by atoms with Crippen LogP contribution >= 0.6 is 0 Å². The molecule has 7 rings (SSSR count). The summed E-state index contributed by atoms with van der Waals surface area (Å²) in [4.78, 5) is 45.5. The molecule has 3 N–H and O–H groups in total. The van der Waals surface area contributed by atoms with Crippen LogP contribution in [0.4, 0.5) is 23.0 Å². The fourth-order valence-corrected chi connectivity index (χ4v) is 7.19. The molecule has 3 saturated heterocycles. The van der Waals surface area contributed by atoms with Crippen molar-refractivity contribution in [3.05, 3.63) is 59.8 Å². The summed E-state index contributed by atoms with van der Waals surface area (Å²) in [5, 5.41) is 3.30. The Kier molecular flexibility index (Phi) is 8.39. The minimum Gasteiger partial charge on any atom is -0.381 e. The van der Waals surface area contributed by atoms with Crippen LogP contribution in [0.25, 0.3) is 11.3 Å². The number of carbonyl (C=O) groups excluding carboxylic acids is 2. The van der Waals surface area contributed by atoms with Crippen molar-refractivity contribution in [3.8, 4) is 11.3 Å². The zero-order valence-corrected chi connectivity index (χ0v) is 26.0. The van der Waals surface area contributed by atoms with Gasteiger partial charge in [0.2, 0.25) is 5.91 Å². The predicted octanol–water partition coefficient (Wildman–Crippen LogP) is 3.27. The normalized spacial score (nSPS) is 20.4. The third-order valence-corrected chi connectivity index (χ3v) is 9.79. The Bertz CT molecular complexity index is 1540. The molecule has 45 heavy (non-hydrogen) atoms. The molecule has 4 aliphatic heterocycles. The summed E-state index contributed by atoms with van der Waals surface area (Å²) in [6.07, 6.45) is 3.98. The average Bonchev–Trinajstić information content (AvgIpc) is 3.18. The Morgan fingerprint density at radius 3 is 2.31 bits per heavy atom. The standard InChI is InChI=1S/C34H42N8O3/c1-39-16-18-41(19-17-39)26-10-14-40(15-11-26)25-8-6-24(7-9-25)36-33-31(32(35)44)37-30-28-5-3-2-4-23(28)22-29(43)42(34(30)38-33)27-12-20-45-21-13-27/h2-9,26-27H,10-22H2,1H3,(H2,35,44)(H,36,38). The first-order valence-corrected chi connectivity index (χ1v) is 16.2. The fourth-order valence-electron chi connectivity index (χ4n) is 7.19. The summed E-state index contributed by atoms with van der Waals surface area (Å²) in [7, 11) is 2.20. The lowest BCUT2D eigenvalue weighted by atomic mass is 10.0. The first-order chi connectivity index (χ1) is 21.9. The largest absolute Gasteiger partial charge is 0.381 e. The minimum atomic E-state index is -0.682. The molecule has 1 aromatic heterocycles. The van der Waals surface area contributed by atoms with E-state index in [2.05, 4.69) is 39.2 Å². The van der Waals surface area contributed by atoms with Gasteiger partial charge in [0, 0.05) is 81.5 Å². The van der Waals surface area contributed by atoms with Gasteiger partial charge in [0.1, 0.15) is 5.69 Å². The van der Waals surface area contributed by atoms with Crippen LogP contribution in [-0.2, 0) is 16.0 Å². The Morgan fingerprint density at radius 1 is 0.889 bits per heavy atom. The maximum Gasteiger partial charge on any atom is 0.271 e. The van der Waals surface area contributed by atoms with Gasteiger partial charge in [0.25, 0.3) is 5.91 Å². The Morgan fingerprint density at radius 2 is 1.60 bits per heavy atom. The molecule has 5 heterocycles. The molecular weight excluding hydrogens is 568 g/mol. The smallest absolute Gasteiger partial charge is 0.271 e. The molecule has 2 amide bonds. The number of hydrogen-bond acceptors (Lipinski definition) is 9. The van der Waals surface area contributed by atoms with Crippen molar-refractivity contribution in [2.45, 2.75) is 44.2 Å². The highest BCUT2D eigenvalue weighted by Gasteiger charge is 2.35. The summed E-state index contributed by atoms with van der Waals surface area (Å²) >= 11 is 0. The number of primary amides is 1. The average molecular weight is 611 g/mol. The highest BCUT2D eigenvalue weighted by atomic mass is 16.5. The molecule has 11 nitrogen and oxygen atoms in total. The lowest BCUT2D eigenvalue weighted by Crippen LogP contribution is -2.52. The number of anilines is 4. The van der Waals surface area contributed by atoms with Crippen molar-refractivity contribution >= 4 is 34.8 Å². The van der Waals surface area contributed by atoms with E-state index in [1.807, 2.05) is 36.4 Å². The van der Waals surface area contributed by atoms with E-state index >= 15 is 0 Å². The number of ether oxygens (including phenoxy) is 1. The van der Waals surface area contributed by atoms with E-state index in [0.29, 0.717) is 43.6 Å². The van der Waals surface area contributed by atoms with E-state index in [1.54, 1.807) is 4.90 Å². The molecule has 3 aromatic rings. The Labute approximate surface area is 264 Å². The van der Waals surface area contributed by atoms with E-state index in [-0.39, 0.29) is 29.9 Å². The molecule has 3 fully saturated rings. The Balaban J connectivity index is 1.14. The molecule has 0 atom stereocenters. The number of likely N-dealkylation sites (N-methyl/N-ethyl adjacent to an activating group) is 1. The quantitative estimate of drug-likeness (QED) is 0.433. The number of piperidine rings is 1. The van der Waals surface area contributed by atoms with Crippen molar-refractivity contribution in [1.82, 2.24) is 19.8 Å². The molecule has 0 saturated carbocycles. The third kappa shape index (κ3) is 6.12. The number of fused-ring (bicyclic) bond motifs is 3. The predicted molar refractivity (Wildman–Crippen MR) is 175 cm³/mol. The fraction of sp³-hybridized carbons (Fsp3) is 0.471. The van der Waals surface area contributed by atoms with Gasteiger partial charge >= 0.3 is 0 Å². The maximum absolute atomic E-state index is 13.7. The number of aromatic nitrogens is 2. The zero-order valence-electron chi connectivity index (χ0n) is 26.0. The number of nitrogens with two attached hydrogens (primary N) is 1. The molecule has 236 valence electrons. The van der Waals surface area contributed by atoms with E-state index < -0.39 is 5.91 Å². The van der Waals surface area contributed by atoms with Crippen LogP contribution in [0, 0.1) is 0 Å². The molecule has 4 aliphatic rings. The molecule has 0 spiro atoms. The first kappa shape index (κ1) is 29.6. The SMILES string of the molecule is CN1CCN(C2CCN(c3ccc(Nc4nc5c(nc4C(N)=O)-c4ccccc4CC(=O)N5C4CCOCC4)cc3)CC2)CC1. The van der Waals surface area contributed by atoms with Crippen molar-refractivity contribution < 1.29 is 14.3 Å². The van der Waals surface area contributed by atoms with Gasteiger partial charge in [0.15, 0.2) is 17.3 Å². The maximum atomic E-state index is 13.7. The summed E-state index contributed by atoms with van der Waals surface area (Å²) in [6.45, 7) is 7.84. The number of nitrogens with zero attached hydrogens (tertiary/aromatic N) is 6. The summed E-state index contributed by atoms with van der Waals surface area (Å²) < 4.78 is 5.60. The van der Waals surface area contributed by atoms with Gasteiger partial charge in [-0.2, -0.15) is 0 Å². The molecule has 0 radical (unpaired) electrons. The van der Waals surface area contributed by atoms with Crippen LogP contribution in [0.5, 0.6) is 0 Å². The van der Waals surface area contributed by atoms with Crippen molar-refractivity contribution in [2.24, 2.45) is 5.73 Å². The lowest BCUT2D eigenvalue weighted by Gasteiger charge is -2.42. The first-order valence-electron chi connectivity index (χ1n) is 16.2. The number of benzene rings is 2. The van der Waals surface area contributed by atoms with E-state index in [9.17, 15) is 9.59 Å². The van der Waals surface area contributed by atoms with Gasteiger partial charge in [-0.1, -0.05) is 24.3 Å². The number of piperazine rings is 1. The molecule has 2 aromatic carbocycles. The number of carbonyl (C=O) groups is 2. The number of hydrogen-bond donors (Lipinski definition) is 2. The van der Waals surface area contributed by atoms with Gasteiger partial charge in [-0.3, -0.25) is 19.4 Å². The topological polar surface area (TPSA) is 120 Å². The van der Waals surface area contributed by atoms with Gasteiger partial charge in [-0.15, -0.1) is 0 Å². The van der Waals surface area contributed by atoms with Gasteiger partial charge < -0.3 is 25.6 Å². The monoisotopic (exact) mass is 610 g/mol. The van der Waals surface area contributed by atoms with Crippen LogP contribution in [-0.4, -0.2) is 103 Å². The van der Waals surface area contributed by atoms with Gasteiger partial charge in [-0.05, 0) is 62.6 Å². The van der Waals surface area contributed by atoms with Gasteiger partial charge in [0.05, 0.1) is 6.42 Å². The highest BCUT2D eigenvalue weighted by molar-refractivity contribution is 6.03. The molecule has 11 heteroatoms. The second kappa shape index (κ2) is 12.7. The van der Waals surface area contributed by atoms with Crippen LogP contribution in [0.1, 0.15) is 41.7 Å². The number of rotatable bonds is 6. The van der Waals surface area contributed by atoms with Crippen LogP contribution in [0.15, 0.2) is 48.5 Å². The second-order valence-corrected chi connectivity index (χ2v) is 12.6. The zero-order chi connectivity index (χ0) is 30.9. The third-order valence-electron chi connectivity index (χ3n) is 9.79. The Hall–Kier alpha value is -4.06. The highest BCUT2D eigenvalue weighted by Crippen LogP contribution is 2.38. The minimum absolute atomic E-state index is 0.0408. The summed E-state index contributed by atoms with van der Waals surface area (Å²) in [6, 6.07) is 16.5. The molecule has 0 bridgehead atoms. The van der Waals surface area contributed by atoms with Crippen LogP contribution in [0.2, 0.25) is 0 Å². The molecule has 0 unspecified atom stereocenters. The van der Waals surface area contributed by atoms with E-state index in [1.165, 1.54) is 18.5 Å². The molecular formula is C34H42N8O3.